The van der Waals surface area contributed by atoms with Crippen molar-refractivity contribution < 1.29 is 14.7 Å². The Morgan fingerprint density at radius 2 is 1.83 bits per heavy atom. The van der Waals surface area contributed by atoms with Crippen LogP contribution in [0.25, 0.3) is 6.08 Å². The van der Waals surface area contributed by atoms with Gasteiger partial charge in [0, 0.05) is 5.56 Å². The Balaban J connectivity index is 2.80. The molecule has 0 fully saturated rings. The molecule has 0 saturated heterocycles. The van der Waals surface area contributed by atoms with Crippen LogP contribution in [0.3, 0.4) is 0 Å². The lowest BCUT2D eigenvalue weighted by atomic mass is 10.0. The minimum absolute atomic E-state index is 0.168. The summed E-state index contributed by atoms with van der Waals surface area (Å²) >= 11 is 0. The summed E-state index contributed by atoms with van der Waals surface area (Å²) in [5.74, 6) is -1.58. The largest absolute Gasteiger partial charge is 0.480 e. The smallest absolute Gasteiger partial charge is 0.326 e. The summed E-state index contributed by atoms with van der Waals surface area (Å²) in [5, 5.41) is 11.5. The number of hydrogen-bond donors (Lipinski definition) is 2. The number of nitrogens with one attached hydrogen (secondary N) is 1. The summed E-state index contributed by atoms with van der Waals surface area (Å²) in [5.41, 5.74) is 1.35. The highest BCUT2D eigenvalue weighted by Gasteiger charge is 2.23. The van der Waals surface area contributed by atoms with E-state index < -0.39 is 12.0 Å². The first-order valence-electron chi connectivity index (χ1n) is 5.72. The van der Waals surface area contributed by atoms with Gasteiger partial charge in [0.05, 0.1) is 0 Å². The van der Waals surface area contributed by atoms with Crippen molar-refractivity contribution in [3.8, 4) is 0 Å². The molecular weight excluding hydrogens is 230 g/mol. The minimum Gasteiger partial charge on any atom is -0.480 e. The Hall–Kier alpha value is -2.10. The van der Waals surface area contributed by atoms with Crippen LogP contribution in [0.4, 0.5) is 0 Å². The molecule has 0 heterocycles. The molecule has 2 N–H and O–H groups in total. The van der Waals surface area contributed by atoms with Crippen molar-refractivity contribution in [1.29, 1.82) is 0 Å². The third-order valence-electron chi connectivity index (χ3n) is 2.63. The van der Waals surface area contributed by atoms with E-state index in [1.165, 1.54) is 0 Å². The molecule has 4 heteroatoms. The van der Waals surface area contributed by atoms with Gasteiger partial charge in [-0.1, -0.05) is 38.6 Å². The third kappa shape index (κ3) is 3.45. The highest BCUT2D eigenvalue weighted by atomic mass is 16.4. The molecule has 0 saturated carbocycles. The molecule has 0 aliphatic heterocycles. The van der Waals surface area contributed by atoms with E-state index in [0.29, 0.717) is 5.56 Å². The first kappa shape index (κ1) is 14.0. The molecule has 1 atom stereocenters. The summed E-state index contributed by atoms with van der Waals surface area (Å²) < 4.78 is 0. The van der Waals surface area contributed by atoms with Crippen LogP contribution in [-0.4, -0.2) is 23.0 Å². The van der Waals surface area contributed by atoms with E-state index in [9.17, 15) is 9.59 Å². The van der Waals surface area contributed by atoms with Crippen LogP contribution in [-0.2, 0) is 4.79 Å². The predicted octanol–water partition coefficient (Wildman–Crippen LogP) is 2.17. The monoisotopic (exact) mass is 247 g/mol. The van der Waals surface area contributed by atoms with Gasteiger partial charge in [-0.05, 0) is 23.6 Å². The summed E-state index contributed by atoms with van der Waals surface area (Å²) in [7, 11) is 0. The highest BCUT2D eigenvalue weighted by Crippen LogP contribution is 2.08. The Bertz CT molecular complexity index is 449. The van der Waals surface area contributed by atoms with Gasteiger partial charge >= 0.3 is 5.97 Å². The zero-order valence-electron chi connectivity index (χ0n) is 10.5. The zero-order valence-corrected chi connectivity index (χ0v) is 10.5. The van der Waals surface area contributed by atoms with E-state index in [4.69, 9.17) is 5.11 Å². The fourth-order valence-corrected chi connectivity index (χ4v) is 1.51. The Labute approximate surface area is 106 Å². The van der Waals surface area contributed by atoms with Crippen LogP contribution >= 0.6 is 0 Å². The normalized spacial score (nSPS) is 11.9. The lowest BCUT2D eigenvalue weighted by molar-refractivity contribution is -0.140. The maximum Gasteiger partial charge on any atom is 0.326 e. The van der Waals surface area contributed by atoms with Crippen LogP contribution in [0.15, 0.2) is 30.8 Å². The lowest BCUT2D eigenvalue weighted by Gasteiger charge is -2.17. The lowest BCUT2D eigenvalue weighted by Crippen LogP contribution is -2.44. The van der Waals surface area contributed by atoms with Crippen molar-refractivity contribution in [2.24, 2.45) is 5.92 Å². The van der Waals surface area contributed by atoms with Gasteiger partial charge in [-0.25, -0.2) is 4.79 Å². The van der Waals surface area contributed by atoms with Gasteiger partial charge in [0.15, 0.2) is 0 Å². The number of amides is 1. The van der Waals surface area contributed by atoms with Crippen molar-refractivity contribution in [3.63, 3.8) is 0 Å². The second-order valence-electron chi connectivity index (χ2n) is 4.36. The zero-order chi connectivity index (χ0) is 13.7. The van der Waals surface area contributed by atoms with E-state index in [2.05, 4.69) is 11.9 Å². The standard InChI is InChI=1S/C14H17NO3/c1-4-10-5-7-11(8-6-10)13(16)15-12(9(2)3)14(17)18/h4-9,12H,1H2,2-3H3,(H,15,16)(H,17,18)/t12-/m0/s1. The molecule has 0 unspecified atom stereocenters. The molecule has 1 aromatic carbocycles. The molecule has 0 aliphatic rings. The molecule has 1 rings (SSSR count). The van der Waals surface area contributed by atoms with E-state index >= 15 is 0 Å². The second-order valence-corrected chi connectivity index (χ2v) is 4.36. The van der Waals surface area contributed by atoms with Crippen LogP contribution in [0.1, 0.15) is 29.8 Å². The van der Waals surface area contributed by atoms with Crippen LogP contribution in [0.2, 0.25) is 0 Å². The number of carbonyl (C=O) groups is 2. The van der Waals surface area contributed by atoms with Gasteiger partial charge in [0.2, 0.25) is 0 Å². The maximum absolute atomic E-state index is 11.9. The molecule has 0 bridgehead atoms. The van der Waals surface area contributed by atoms with Crippen molar-refractivity contribution in [2.75, 3.05) is 0 Å². The number of aliphatic carboxylic acids is 1. The van der Waals surface area contributed by atoms with Crippen LogP contribution < -0.4 is 5.32 Å². The first-order valence-corrected chi connectivity index (χ1v) is 5.72. The molecule has 96 valence electrons. The van der Waals surface area contributed by atoms with E-state index in [-0.39, 0.29) is 11.8 Å². The molecule has 1 aromatic rings. The molecule has 18 heavy (non-hydrogen) atoms. The van der Waals surface area contributed by atoms with Crippen molar-refractivity contribution in [2.45, 2.75) is 19.9 Å². The predicted molar refractivity (Wildman–Crippen MR) is 70.3 cm³/mol. The van der Waals surface area contributed by atoms with Gasteiger partial charge < -0.3 is 10.4 Å². The molecule has 0 spiro atoms. The van der Waals surface area contributed by atoms with Gasteiger partial charge in [0.1, 0.15) is 6.04 Å². The van der Waals surface area contributed by atoms with Crippen molar-refractivity contribution in [3.05, 3.63) is 42.0 Å². The number of hydrogen-bond acceptors (Lipinski definition) is 2. The highest BCUT2D eigenvalue weighted by molar-refractivity contribution is 5.96. The van der Waals surface area contributed by atoms with Crippen LogP contribution in [0, 0.1) is 5.92 Å². The molecule has 0 aliphatic carbocycles. The summed E-state index contributed by atoms with van der Waals surface area (Å²) in [6.45, 7) is 7.12. The van der Waals surface area contributed by atoms with Gasteiger partial charge in [-0.2, -0.15) is 0 Å². The van der Waals surface area contributed by atoms with Crippen molar-refractivity contribution in [1.82, 2.24) is 5.32 Å². The maximum atomic E-state index is 11.9. The number of carboxylic acid groups (broad SMARTS) is 1. The summed E-state index contributed by atoms with van der Waals surface area (Å²) in [6, 6.07) is 5.92. The second kappa shape index (κ2) is 6.00. The SMILES string of the molecule is C=Cc1ccc(C(=O)N[C@H](C(=O)O)C(C)C)cc1. The van der Waals surface area contributed by atoms with Gasteiger partial charge in [-0.3, -0.25) is 4.79 Å². The van der Waals surface area contributed by atoms with Crippen molar-refractivity contribution >= 4 is 18.0 Å². The topological polar surface area (TPSA) is 66.4 Å². The van der Waals surface area contributed by atoms with E-state index in [1.807, 2.05) is 0 Å². The molecular formula is C14H17NO3. The first-order chi connectivity index (χ1) is 8.45. The number of rotatable bonds is 5. The number of carboxylic acids is 1. The Morgan fingerprint density at radius 3 is 2.22 bits per heavy atom. The fourth-order valence-electron chi connectivity index (χ4n) is 1.51. The molecule has 0 radical (unpaired) electrons. The van der Waals surface area contributed by atoms with Gasteiger partial charge in [-0.15, -0.1) is 0 Å². The summed E-state index contributed by atoms with van der Waals surface area (Å²) in [4.78, 5) is 22.8. The average molecular weight is 247 g/mol. The van der Waals surface area contributed by atoms with E-state index in [0.717, 1.165) is 5.56 Å². The molecule has 1 amide bonds. The minimum atomic E-state index is -1.03. The quantitative estimate of drug-likeness (QED) is 0.838. The third-order valence-corrected chi connectivity index (χ3v) is 2.63. The van der Waals surface area contributed by atoms with E-state index in [1.54, 1.807) is 44.2 Å². The van der Waals surface area contributed by atoms with Crippen LogP contribution in [0.5, 0.6) is 0 Å². The van der Waals surface area contributed by atoms with Gasteiger partial charge in [0.25, 0.3) is 5.91 Å². The Kier molecular flexibility index (Phi) is 4.66. The number of carbonyl (C=O) groups excluding carboxylic acids is 1. The average Bonchev–Trinajstić information content (AvgIpc) is 2.35. The molecule has 4 nitrogen and oxygen atoms in total. The summed E-state index contributed by atoms with van der Waals surface area (Å²) in [6.07, 6.45) is 1.68. The Morgan fingerprint density at radius 1 is 1.28 bits per heavy atom. The number of benzene rings is 1. The molecule has 0 aromatic heterocycles. The fraction of sp³-hybridized carbons (Fsp3) is 0.286.